The van der Waals surface area contributed by atoms with Gasteiger partial charge in [0.1, 0.15) is 0 Å². The summed E-state index contributed by atoms with van der Waals surface area (Å²) in [6, 6.07) is 0.204. The third kappa shape index (κ3) is 3.57. The number of rotatable bonds is 0. The molecule has 1 aliphatic rings. The second-order valence-electron chi connectivity index (χ2n) is 2.61. The van der Waals surface area contributed by atoms with Gasteiger partial charge in [-0.15, -0.1) is 0 Å². The Morgan fingerprint density at radius 3 is 2.25 bits per heavy atom. The van der Waals surface area contributed by atoms with Crippen LogP contribution in [0.4, 0.5) is 4.79 Å². The van der Waals surface area contributed by atoms with Crippen LogP contribution in [0.5, 0.6) is 0 Å². The van der Waals surface area contributed by atoms with E-state index in [9.17, 15) is 4.79 Å². The maximum atomic E-state index is 10.3. The summed E-state index contributed by atoms with van der Waals surface area (Å²) in [5.41, 5.74) is 5.58. The maximum absolute atomic E-state index is 10.3. The summed E-state index contributed by atoms with van der Waals surface area (Å²) in [6.45, 7) is 5.19. The molecule has 1 amide bonds. The lowest BCUT2D eigenvalue weighted by molar-refractivity contribution is 0.132. The molecule has 0 atom stereocenters. The van der Waals surface area contributed by atoms with Crippen LogP contribution in [0.15, 0.2) is 0 Å². The van der Waals surface area contributed by atoms with Gasteiger partial charge < -0.3 is 15.7 Å². The van der Waals surface area contributed by atoms with E-state index in [0.29, 0.717) is 13.1 Å². The molecule has 1 saturated heterocycles. The molecule has 0 saturated carbocycles. The Bertz CT molecular complexity index is 136. The molecule has 4 heteroatoms. The Hall–Kier alpha value is -0.770. The van der Waals surface area contributed by atoms with E-state index in [2.05, 4.69) is 0 Å². The van der Waals surface area contributed by atoms with Gasteiger partial charge in [-0.05, 0) is 12.8 Å². The molecule has 1 rings (SSSR count). The molecule has 1 fully saturated rings. The topological polar surface area (TPSA) is 66.6 Å². The minimum absolute atomic E-state index is 0. The molecule has 0 aromatic carbocycles. The van der Waals surface area contributed by atoms with E-state index in [1.54, 1.807) is 0 Å². The van der Waals surface area contributed by atoms with E-state index in [0.717, 1.165) is 12.8 Å². The molecule has 0 unspecified atom stereocenters. The van der Waals surface area contributed by atoms with Crippen LogP contribution in [0.2, 0.25) is 0 Å². The predicted molar refractivity (Wildman–Crippen MR) is 50.3 cm³/mol. The fourth-order valence-corrected chi connectivity index (χ4v) is 1.09. The highest BCUT2D eigenvalue weighted by Crippen LogP contribution is 2.07. The van der Waals surface area contributed by atoms with Gasteiger partial charge in [-0.25, -0.2) is 4.79 Å². The Morgan fingerprint density at radius 2 is 1.92 bits per heavy atom. The molecule has 0 bridgehead atoms. The fourth-order valence-electron chi connectivity index (χ4n) is 1.09. The number of piperidine rings is 1. The molecule has 1 aliphatic heterocycles. The second kappa shape index (κ2) is 5.83. The van der Waals surface area contributed by atoms with Gasteiger partial charge in [-0.3, -0.25) is 0 Å². The fraction of sp³-hybridized carbons (Fsp3) is 0.875. The van der Waals surface area contributed by atoms with E-state index in [1.807, 2.05) is 13.8 Å². The van der Waals surface area contributed by atoms with E-state index >= 15 is 0 Å². The molecule has 1 heterocycles. The lowest BCUT2D eigenvalue weighted by Gasteiger charge is -2.27. The molecular formula is C8H20N2O2. The van der Waals surface area contributed by atoms with Crippen molar-refractivity contribution in [1.82, 2.24) is 4.90 Å². The summed E-state index contributed by atoms with van der Waals surface area (Å²) in [6.07, 6.45) is 0.769. The van der Waals surface area contributed by atoms with Crippen molar-refractivity contribution in [2.45, 2.75) is 32.7 Å². The summed E-state index contributed by atoms with van der Waals surface area (Å²) in [7, 11) is 0. The van der Waals surface area contributed by atoms with Crippen LogP contribution >= 0.6 is 0 Å². The van der Waals surface area contributed by atoms with Crippen molar-refractivity contribution in [3.63, 3.8) is 0 Å². The summed E-state index contributed by atoms with van der Waals surface area (Å²) >= 11 is 0. The van der Waals surface area contributed by atoms with Crippen LogP contribution < -0.4 is 5.73 Å². The number of likely N-dealkylation sites (tertiary alicyclic amines) is 1. The molecule has 3 N–H and O–H groups in total. The number of nitrogens with zero attached hydrogens (tertiary/aromatic N) is 1. The quantitative estimate of drug-likeness (QED) is 0.585. The van der Waals surface area contributed by atoms with Crippen molar-refractivity contribution in [3.05, 3.63) is 0 Å². The van der Waals surface area contributed by atoms with Gasteiger partial charge in [-0.1, -0.05) is 13.8 Å². The van der Waals surface area contributed by atoms with Gasteiger partial charge in [0.2, 0.25) is 0 Å². The van der Waals surface area contributed by atoms with Crippen molar-refractivity contribution >= 4 is 6.09 Å². The van der Waals surface area contributed by atoms with Gasteiger partial charge in [0.15, 0.2) is 0 Å². The van der Waals surface area contributed by atoms with Crippen molar-refractivity contribution in [2.75, 3.05) is 13.1 Å². The zero-order chi connectivity index (χ0) is 9.56. The van der Waals surface area contributed by atoms with Crippen LogP contribution in [0, 0.1) is 0 Å². The minimum Gasteiger partial charge on any atom is -0.465 e. The average Bonchev–Trinajstić information content (AvgIpc) is 2.09. The first kappa shape index (κ1) is 11.2. The summed E-state index contributed by atoms with van der Waals surface area (Å²) < 4.78 is 0. The van der Waals surface area contributed by atoms with Gasteiger partial charge >= 0.3 is 6.09 Å². The Balaban J connectivity index is 0. The van der Waals surface area contributed by atoms with Crippen LogP contribution in [0.1, 0.15) is 28.1 Å². The van der Waals surface area contributed by atoms with Crippen LogP contribution in [-0.2, 0) is 0 Å². The lowest BCUT2D eigenvalue weighted by atomic mass is 10.1. The Labute approximate surface area is 74.8 Å². The molecule has 0 aromatic rings. The highest BCUT2D eigenvalue weighted by atomic mass is 16.4. The molecule has 4 nitrogen and oxygen atoms in total. The third-order valence-corrected chi connectivity index (χ3v) is 1.81. The zero-order valence-electron chi connectivity index (χ0n) is 7.79. The van der Waals surface area contributed by atoms with Crippen molar-refractivity contribution in [1.29, 1.82) is 0 Å². The number of nitrogens with two attached hydrogens (primary N) is 1. The Morgan fingerprint density at radius 1 is 1.50 bits per heavy atom. The van der Waals surface area contributed by atoms with E-state index < -0.39 is 6.09 Å². The van der Waals surface area contributed by atoms with Crippen LogP contribution in [0.25, 0.3) is 0 Å². The second-order valence-corrected chi connectivity index (χ2v) is 2.61. The van der Waals surface area contributed by atoms with E-state index in [-0.39, 0.29) is 7.47 Å². The first-order valence-corrected chi connectivity index (χ1v) is 4.43. The molecule has 12 heavy (non-hydrogen) atoms. The first-order valence-electron chi connectivity index (χ1n) is 4.43. The van der Waals surface area contributed by atoms with Gasteiger partial charge in [0.25, 0.3) is 0 Å². The van der Waals surface area contributed by atoms with Crippen LogP contribution in [0.3, 0.4) is 0 Å². The molecule has 0 aliphatic carbocycles. The van der Waals surface area contributed by atoms with Crippen molar-refractivity contribution in [2.24, 2.45) is 5.73 Å². The molecule has 74 valence electrons. The SMILES string of the molecule is CC.NC1CCN(C(=O)O)CC1.[HH]. The predicted octanol–water partition coefficient (Wildman–Crippen LogP) is 1.36. The number of amides is 1. The zero-order valence-corrected chi connectivity index (χ0v) is 7.79. The average molecular weight is 176 g/mol. The van der Waals surface area contributed by atoms with Crippen molar-refractivity contribution < 1.29 is 11.3 Å². The summed E-state index contributed by atoms with van der Waals surface area (Å²) in [5, 5.41) is 8.51. The number of hydrogen-bond acceptors (Lipinski definition) is 2. The number of carbonyl (C=O) groups is 1. The standard InChI is InChI=1S/C6H12N2O2.C2H6.H2/c7-5-1-3-8(4-2-5)6(9)10;1-2;/h5H,1-4,7H2,(H,9,10);1-2H3;1H. The van der Waals surface area contributed by atoms with Crippen LogP contribution in [-0.4, -0.2) is 35.2 Å². The molecular weight excluding hydrogens is 156 g/mol. The molecule has 0 radical (unpaired) electrons. The third-order valence-electron chi connectivity index (χ3n) is 1.81. The van der Waals surface area contributed by atoms with Gasteiger partial charge in [-0.2, -0.15) is 0 Å². The normalized spacial score (nSPS) is 18.1. The van der Waals surface area contributed by atoms with E-state index in [1.165, 1.54) is 4.90 Å². The summed E-state index contributed by atoms with van der Waals surface area (Å²) in [4.78, 5) is 11.8. The highest BCUT2D eigenvalue weighted by Gasteiger charge is 2.18. The summed E-state index contributed by atoms with van der Waals surface area (Å²) in [5.74, 6) is 0. The first-order chi connectivity index (χ1) is 5.70. The minimum atomic E-state index is -0.827. The Kier molecular flexibility index (Phi) is 5.45. The lowest BCUT2D eigenvalue weighted by Crippen LogP contribution is -2.42. The monoisotopic (exact) mass is 176 g/mol. The molecule has 0 aromatic heterocycles. The number of hydrogen-bond donors (Lipinski definition) is 2. The van der Waals surface area contributed by atoms with Gasteiger partial charge in [0, 0.05) is 20.6 Å². The maximum Gasteiger partial charge on any atom is 0.407 e. The highest BCUT2D eigenvalue weighted by molar-refractivity contribution is 5.64. The smallest absolute Gasteiger partial charge is 0.407 e. The number of carboxylic acid groups (broad SMARTS) is 1. The molecule has 0 spiro atoms. The van der Waals surface area contributed by atoms with Gasteiger partial charge in [0.05, 0.1) is 0 Å². The van der Waals surface area contributed by atoms with Crippen molar-refractivity contribution in [3.8, 4) is 0 Å². The van der Waals surface area contributed by atoms with E-state index in [4.69, 9.17) is 10.8 Å². The largest absolute Gasteiger partial charge is 0.465 e.